The number of phenols is 1. The Labute approximate surface area is 105 Å². The molecule has 0 spiro atoms. The number of benzene rings is 1. The average Bonchev–Trinajstić information content (AvgIpc) is 2.22. The second-order valence-corrected chi connectivity index (χ2v) is 4.90. The summed E-state index contributed by atoms with van der Waals surface area (Å²) in [5.74, 6) is 0.115. The molecule has 0 aliphatic heterocycles. The molecule has 2 aromatic rings. The van der Waals surface area contributed by atoms with Crippen LogP contribution in [0.3, 0.4) is 0 Å². The van der Waals surface area contributed by atoms with Crippen LogP contribution in [-0.2, 0) is 0 Å². The number of thiol groups is 1. The molecule has 0 bridgehead atoms. The van der Waals surface area contributed by atoms with E-state index in [4.69, 9.17) is 12.2 Å². The Hall–Kier alpha value is -1.13. The first-order valence-electron chi connectivity index (χ1n) is 4.84. The Morgan fingerprint density at radius 2 is 2.06 bits per heavy atom. The van der Waals surface area contributed by atoms with E-state index in [0.29, 0.717) is 15.3 Å². The Morgan fingerprint density at radius 3 is 2.69 bits per heavy atom. The minimum Gasteiger partial charge on any atom is -0.505 e. The number of aryl methyl sites for hydroxylation is 2. The molecular weight excluding hydrogens is 238 g/mol. The molecule has 0 atom stereocenters. The fourth-order valence-electron chi connectivity index (χ4n) is 1.71. The first-order chi connectivity index (χ1) is 7.50. The third-order valence-corrected chi connectivity index (χ3v) is 2.99. The maximum absolute atomic E-state index is 10.1. The summed E-state index contributed by atoms with van der Waals surface area (Å²) >= 11 is 9.08. The number of hydrogen-bond donors (Lipinski definition) is 2. The number of thiocarbonyl (C=S) groups is 1. The van der Waals surface area contributed by atoms with Gasteiger partial charge in [-0.1, -0.05) is 18.3 Å². The lowest BCUT2D eigenvalue weighted by Gasteiger charge is -2.09. The highest BCUT2D eigenvalue weighted by atomic mass is 32.1. The number of aromatic nitrogens is 1. The summed E-state index contributed by atoms with van der Waals surface area (Å²) < 4.78 is 0.380. The number of pyridine rings is 1. The molecule has 0 aliphatic rings. The highest BCUT2D eigenvalue weighted by Gasteiger charge is 2.12. The van der Waals surface area contributed by atoms with Crippen molar-refractivity contribution in [1.29, 1.82) is 0 Å². The van der Waals surface area contributed by atoms with Gasteiger partial charge in [0, 0.05) is 16.6 Å². The Balaban J connectivity index is 2.91. The van der Waals surface area contributed by atoms with E-state index >= 15 is 0 Å². The molecule has 82 valence electrons. The fourth-order valence-corrected chi connectivity index (χ4v) is 2.03. The normalized spacial score (nSPS) is 10.7. The molecule has 16 heavy (non-hydrogen) atoms. The highest BCUT2D eigenvalue weighted by molar-refractivity contribution is 8.11. The molecular formula is C12H11NOS2. The molecule has 1 aromatic heterocycles. The van der Waals surface area contributed by atoms with Gasteiger partial charge in [-0.25, -0.2) is 4.98 Å². The quantitative estimate of drug-likeness (QED) is 0.601. The van der Waals surface area contributed by atoms with Crippen molar-refractivity contribution in [3.63, 3.8) is 0 Å². The van der Waals surface area contributed by atoms with Crippen LogP contribution in [0, 0.1) is 13.8 Å². The van der Waals surface area contributed by atoms with Crippen molar-refractivity contribution < 1.29 is 5.11 Å². The second kappa shape index (κ2) is 4.03. The zero-order chi connectivity index (χ0) is 11.9. The van der Waals surface area contributed by atoms with Crippen LogP contribution in [0.2, 0.25) is 0 Å². The summed E-state index contributed by atoms with van der Waals surface area (Å²) in [5, 5.41) is 11.0. The molecule has 0 unspecified atom stereocenters. The number of aromatic hydroxyl groups is 1. The molecule has 0 saturated carbocycles. The van der Waals surface area contributed by atoms with E-state index in [1.54, 1.807) is 0 Å². The first-order valence-corrected chi connectivity index (χ1v) is 5.69. The largest absolute Gasteiger partial charge is 0.505 e. The lowest BCUT2D eigenvalue weighted by atomic mass is 10.0. The van der Waals surface area contributed by atoms with Crippen molar-refractivity contribution in [3.05, 3.63) is 35.0 Å². The molecule has 1 heterocycles. The second-order valence-electron chi connectivity index (χ2n) is 3.74. The number of rotatable bonds is 1. The monoisotopic (exact) mass is 249 g/mol. The Morgan fingerprint density at radius 1 is 1.38 bits per heavy atom. The van der Waals surface area contributed by atoms with Crippen LogP contribution in [0.15, 0.2) is 18.2 Å². The zero-order valence-electron chi connectivity index (χ0n) is 8.98. The van der Waals surface area contributed by atoms with Crippen molar-refractivity contribution in [2.75, 3.05) is 0 Å². The van der Waals surface area contributed by atoms with Gasteiger partial charge in [-0.05, 0) is 31.5 Å². The summed E-state index contributed by atoms with van der Waals surface area (Å²) in [5.41, 5.74) is 3.06. The summed E-state index contributed by atoms with van der Waals surface area (Å²) in [6.07, 6.45) is 0. The number of hydrogen-bond acceptors (Lipinski definition) is 3. The van der Waals surface area contributed by atoms with Gasteiger partial charge in [0.05, 0.1) is 4.20 Å². The minimum absolute atomic E-state index is 0.115. The topological polar surface area (TPSA) is 33.1 Å². The van der Waals surface area contributed by atoms with Gasteiger partial charge in [0.2, 0.25) is 0 Å². The molecule has 0 amide bonds. The van der Waals surface area contributed by atoms with E-state index in [2.05, 4.69) is 17.6 Å². The lowest BCUT2D eigenvalue weighted by molar-refractivity contribution is 0.479. The maximum atomic E-state index is 10.1. The van der Waals surface area contributed by atoms with Crippen molar-refractivity contribution in [2.24, 2.45) is 0 Å². The average molecular weight is 249 g/mol. The molecule has 1 N–H and O–H groups in total. The third-order valence-electron chi connectivity index (χ3n) is 2.53. The van der Waals surface area contributed by atoms with Crippen molar-refractivity contribution in [3.8, 4) is 5.75 Å². The van der Waals surface area contributed by atoms with E-state index in [-0.39, 0.29) is 5.75 Å². The van der Waals surface area contributed by atoms with E-state index in [0.717, 1.165) is 16.6 Å². The Kier molecular flexibility index (Phi) is 2.86. The third kappa shape index (κ3) is 1.79. The number of nitrogens with zero attached hydrogens (tertiary/aromatic N) is 1. The maximum Gasteiger partial charge on any atom is 0.151 e. The molecule has 4 heteroatoms. The van der Waals surface area contributed by atoms with Gasteiger partial charge in [0.25, 0.3) is 0 Å². The van der Waals surface area contributed by atoms with E-state index < -0.39 is 0 Å². The van der Waals surface area contributed by atoms with Gasteiger partial charge < -0.3 is 5.11 Å². The van der Waals surface area contributed by atoms with Gasteiger partial charge >= 0.3 is 0 Å². The molecule has 2 nitrogen and oxygen atoms in total. The molecule has 0 saturated heterocycles. The Bertz CT molecular complexity index is 593. The van der Waals surface area contributed by atoms with Gasteiger partial charge in [-0.15, -0.1) is 12.6 Å². The van der Waals surface area contributed by atoms with Crippen LogP contribution in [0.25, 0.3) is 10.9 Å². The van der Waals surface area contributed by atoms with Crippen molar-refractivity contribution >= 4 is 39.9 Å². The van der Waals surface area contributed by atoms with Gasteiger partial charge in [-0.2, -0.15) is 0 Å². The molecule has 2 rings (SSSR count). The molecule has 1 aromatic carbocycles. The highest BCUT2D eigenvalue weighted by Crippen LogP contribution is 2.31. The van der Waals surface area contributed by atoms with Crippen LogP contribution >= 0.6 is 24.8 Å². The van der Waals surface area contributed by atoms with Crippen LogP contribution in [0.5, 0.6) is 5.75 Å². The van der Waals surface area contributed by atoms with Crippen LogP contribution in [-0.4, -0.2) is 14.3 Å². The lowest BCUT2D eigenvalue weighted by Crippen LogP contribution is -1.94. The van der Waals surface area contributed by atoms with Gasteiger partial charge in [0.15, 0.2) is 5.75 Å². The fraction of sp³-hybridized carbons (Fsp3) is 0.167. The van der Waals surface area contributed by atoms with E-state index in [9.17, 15) is 5.11 Å². The van der Waals surface area contributed by atoms with Crippen molar-refractivity contribution in [1.82, 2.24) is 4.98 Å². The van der Waals surface area contributed by atoms with Crippen LogP contribution in [0.1, 0.15) is 16.8 Å². The van der Waals surface area contributed by atoms with Gasteiger partial charge in [0.1, 0.15) is 5.52 Å². The zero-order valence-corrected chi connectivity index (χ0v) is 10.7. The summed E-state index contributed by atoms with van der Waals surface area (Å²) in [4.78, 5) is 4.34. The van der Waals surface area contributed by atoms with Gasteiger partial charge in [-0.3, -0.25) is 0 Å². The smallest absolute Gasteiger partial charge is 0.151 e. The first kappa shape index (κ1) is 11.4. The standard InChI is InChI=1S/C12H11NOS2/c1-6-5-9(12(15)16)11(14)10-8(6)4-3-7(2)13-10/h3-5,14H,1-2H3,(H,15,16). The SMILES string of the molecule is Cc1ccc2c(C)cc(C(=S)S)c(O)c2n1. The molecule has 0 fully saturated rings. The molecule has 0 aliphatic carbocycles. The number of fused-ring (bicyclic) bond motifs is 1. The summed E-state index contributed by atoms with van der Waals surface area (Å²) in [6.45, 7) is 3.86. The summed E-state index contributed by atoms with van der Waals surface area (Å²) in [7, 11) is 0. The minimum atomic E-state index is 0.115. The van der Waals surface area contributed by atoms with Crippen LogP contribution < -0.4 is 0 Å². The van der Waals surface area contributed by atoms with E-state index in [1.807, 2.05) is 32.0 Å². The summed E-state index contributed by atoms with van der Waals surface area (Å²) in [6, 6.07) is 5.72. The number of phenolic OH excluding ortho intramolecular Hbond substituents is 1. The van der Waals surface area contributed by atoms with Crippen molar-refractivity contribution in [2.45, 2.75) is 13.8 Å². The van der Waals surface area contributed by atoms with Crippen LogP contribution in [0.4, 0.5) is 0 Å². The molecule has 0 radical (unpaired) electrons. The van der Waals surface area contributed by atoms with E-state index in [1.165, 1.54) is 0 Å². The predicted octanol–water partition coefficient (Wildman–Crippen LogP) is 3.16. The predicted molar refractivity (Wildman–Crippen MR) is 73.6 cm³/mol.